The molecule has 5 amide bonds. The lowest BCUT2D eigenvalue weighted by Crippen LogP contribution is -2.63. The molecule has 4 aliphatic rings. The Morgan fingerprint density at radius 3 is 2.12 bits per heavy atom. The smallest absolute Gasteiger partial charge is 0.363 e. The highest BCUT2D eigenvalue weighted by Gasteiger charge is 2.70. The number of nitrogens with zero attached hydrogens (tertiary/aromatic N) is 1. The molecule has 5 N–H and O–H groups in total. The van der Waals surface area contributed by atoms with E-state index < -0.39 is 92.7 Å². The van der Waals surface area contributed by atoms with Crippen molar-refractivity contribution >= 4 is 39.4 Å². The van der Waals surface area contributed by atoms with Gasteiger partial charge < -0.3 is 26.6 Å². The third kappa shape index (κ3) is 8.27. The summed E-state index contributed by atoms with van der Waals surface area (Å²) in [6, 6.07) is -4.77. The molecule has 12 nitrogen and oxygen atoms in total. The fraction of sp³-hybridized carbons (Fsp3) is 0.844. The SMILES string of the molecule is CC(C)(C)[C@H](NC(=O)NC1(CC2CCCS2(=O)=O)CCCCC1)C(=O)N1CC2[C@@H]([C@H]1C(=O)NC(CCC(F)(F)F)C(=O)C(N)=O)C2(C)C. The molecule has 16 heteroatoms. The van der Waals surface area contributed by atoms with Gasteiger partial charge in [-0.1, -0.05) is 53.9 Å². The molecule has 2 saturated heterocycles. The summed E-state index contributed by atoms with van der Waals surface area (Å²) in [7, 11) is -3.26. The fourth-order valence-electron chi connectivity index (χ4n) is 8.17. The number of fused-ring (bicyclic) bond motifs is 1. The lowest BCUT2D eigenvalue weighted by Gasteiger charge is -2.41. The van der Waals surface area contributed by atoms with E-state index in [4.69, 9.17) is 5.73 Å². The quantitative estimate of drug-likeness (QED) is 0.238. The first-order valence-corrected chi connectivity index (χ1v) is 18.5. The topological polar surface area (TPSA) is 185 Å². The minimum atomic E-state index is -4.66. The lowest BCUT2D eigenvalue weighted by atomic mass is 9.78. The van der Waals surface area contributed by atoms with Crippen molar-refractivity contribution in [2.45, 2.75) is 134 Å². The van der Waals surface area contributed by atoms with Crippen LogP contribution < -0.4 is 21.7 Å². The van der Waals surface area contributed by atoms with Crippen LogP contribution in [0.2, 0.25) is 0 Å². The summed E-state index contributed by atoms with van der Waals surface area (Å²) in [5, 5.41) is 7.59. The van der Waals surface area contributed by atoms with E-state index in [1.54, 1.807) is 20.8 Å². The van der Waals surface area contributed by atoms with Crippen LogP contribution in [0.1, 0.15) is 98.8 Å². The Kier molecular flexibility index (Phi) is 10.6. The number of primary amides is 1. The van der Waals surface area contributed by atoms with Crippen LogP contribution in [0.3, 0.4) is 0 Å². The normalized spacial score (nSPS) is 28.5. The van der Waals surface area contributed by atoms with Crippen molar-refractivity contribution in [2.75, 3.05) is 12.3 Å². The average molecular weight is 706 g/mol. The van der Waals surface area contributed by atoms with Gasteiger partial charge in [-0.05, 0) is 61.2 Å². The maximum atomic E-state index is 14.3. The molecule has 4 rings (SSSR count). The summed E-state index contributed by atoms with van der Waals surface area (Å²) < 4.78 is 64.4. The van der Waals surface area contributed by atoms with Crippen LogP contribution in [-0.2, 0) is 29.0 Å². The highest BCUT2D eigenvalue weighted by Crippen LogP contribution is 2.65. The molecule has 2 saturated carbocycles. The van der Waals surface area contributed by atoms with Crippen LogP contribution >= 0.6 is 0 Å². The molecule has 3 unspecified atom stereocenters. The van der Waals surface area contributed by atoms with Gasteiger partial charge in [-0.15, -0.1) is 0 Å². The van der Waals surface area contributed by atoms with Crippen LogP contribution in [0.4, 0.5) is 18.0 Å². The number of piperidine rings is 1. The van der Waals surface area contributed by atoms with Crippen molar-refractivity contribution in [1.82, 2.24) is 20.9 Å². The summed E-state index contributed by atoms with van der Waals surface area (Å²) in [5.74, 6) is -4.68. The number of halogens is 3. The number of Topliss-reactive ketones (excluding diaryl/α,β-unsaturated/α-hetero) is 1. The zero-order valence-electron chi connectivity index (χ0n) is 28.4. The number of nitrogens with one attached hydrogen (secondary N) is 3. The van der Waals surface area contributed by atoms with Gasteiger partial charge in [-0.2, -0.15) is 13.2 Å². The van der Waals surface area contributed by atoms with Gasteiger partial charge >= 0.3 is 12.2 Å². The highest BCUT2D eigenvalue weighted by molar-refractivity contribution is 7.92. The summed E-state index contributed by atoms with van der Waals surface area (Å²) in [5.41, 5.74) is 3.07. The van der Waals surface area contributed by atoms with Crippen molar-refractivity contribution in [3.8, 4) is 0 Å². The number of amides is 5. The molecule has 0 aromatic rings. The van der Waals surface area contributed by atoms with Gasteiger partial charge in [0.05, 0.1) is 17.0 Å². The third-order valence-electron chi connectivity index (χ3n) is 11.0. The minimum absolute atomic E-state index is 0.119. The maximum Gasteiger partial charge on any atom is 0.389 e. The molecule has 0 radical (unpaired) electrons. The first kappa shape index (κ1) is 37.9. The molecule has 2 aliphatic heterocycles. The summed E-state index contributed by atoms with van der Waals surface area (Å²) in [6.45, 7) is 9.18. The van der Waals surface area contributed by atoms with E-state index in [1.165, 1.54) is 4.90 Å². The molecular formula is C32H50F3N5O7S. The van der Waals surface area contributed by atoms with Crippen molar-refractivity contribution < 1.29 is 45.6 Å². The first-order chi connectivity index (χ1) is 22.0. The maximum absolute atomic E-state index is 14.3. The predicted octanol–water partition coefficient (Wildman–Crippen LogP) is 2.74. The zero-order valence-corrected chi connectivity index (χ0v) is 29.2. The van der Waals surface area contributed by atoms with Gasteiger partial charge in [-0.25, -0.2) is 13.2 Å². The van der Waals surface area contributed by atoms with E-state index in [0.717, 1.165) is 19.3 Å². The lowest BCUT2D eigenvalue weighted by molar-refractivity contribution is -0.147. The summed E-state index contributed by atoms with van der Waals surface area (Å²) >= 11 is 0. The van der Waals surface area contributed by atoms with Crippen LogP contribution in [0.25, 0.3) is 0 Å². The van der Waals surface area contributed by atoms with Crippen LogP contribution in [0, 0.1) is 22.7 Å². The van der Waals surface area contributed by atoms with E-state index in [-0.39, 0.29) is 29.5 Å². The second kappa shape index (κ2) is 13.4. The molecule has 4 fully saturated rings. The van der Waals surface area contributed by atoms with Crippen molar-refractivity contribution in [2.24, 2.45) is 28.4 Å². The molecule has 2 aliphatic carbocycles. The van der Waals surface area contributed by atoms with Crippen LogP contribution in [0.15, 0.2) is 0 Å². The average Bonchev–Trinajstić information content (AvgIpc) is 3.25. The number of hydrogen-bond donors (Lipinski definition) is 4. The minimum Gasteiger partial charge on any atom is -0.363 e. The van der Waals surface area contributed by atoms with Gasteiger partial charge in [0.15, 0.2) is 9.84 Å². The van der Waals surface area contributed by atoms with Crippen LogP contribution in [0.5, 0.6) is 0 Å². The number of carbonyl (C=O) groups is 5. The van der Waals surface area contributed by atoms with E-state index in [1.807, 2.05) is 13.8 Å². The Morgan fingerprint density at radius 2 is 1.60 bits per heavy atom. The van der Waals surface area contributed by atoms with Crippen LogP contribution in [-0.4, -0.2) is 90.2 Å². The van der Waals surface area contributed by atoms with Gasteiger partial charge in [0.25, 0.3) is 5.91 Å². The second-order valence-corrected chi connectivity index (χ2v) is 18.3. The number of alkyl halides is 3. The molecule has 0 aromatic heterocycles. The van der Waals surface area contributed by atoms with Crippen molar-refractivity contribution in [3.63, 3.8) is 0 Å². The van der Waals surface area contributed by atoms with Gasteiger partial charge in [0, 0.05) is 18.5 Å². The van der Waals surface area contributed by atoms with E-state index >= 15 is 0 Å². The molecule has 0 bridgehead atoms. The van der Waals surface area contributed by atoms with Crippen molar-refractivity contribution in [1.29, 1.82) is 0 Å². The number of urea groups is 1. The second-order valence-electron chi connectivity index (χ2n) is 15.9. The van der Waals surface area contributed by atoms with E-state index in [0.29, 0.717) is 32.1 Å². The fourth-order valence-corrected chi connectivity index (χ4v) is 10.2. The monoisotopic (exact) mass is 705 g/mol. The number of likely N-dealkylation sites (tertiary alicyclic amines) is 1. The molecule has 48 heavy (non-hydrogen) atoms. The molecule has 2 heterocycles. The van der Waals surface area contributed by atoms with Crippen molar-refractivity contribution in [3.05, 3.63) is 0 Å². The predicted molar refractivity (Wildman–Crippen MR) is 170 cm³/mol. The Balaban J connectivity index is 1.54. The number of ketones is 1. The molecule has 0 aromatic carbocycles. The van der Waals surface area contributed by atoms with Gasteiger partial charge in [0.1, 0.15) is 12.1 Å². The Hall–Kier alpha value is -2.91. The number of hydrogen-bond acceptors (Lipinski definition) is 7. The van der Waals surface area contributed by atoms with Gasteiger partial charge in [-0.3, -0.25) is 19.2 Å². The first-order valence-electron chi connectivity index (χ1n) is 16.8. The van der Waals surface area contributed by atoms with E-state index in [2.05, 4.69) is 16.0 Å². The molecule has 272 valence electrons. The summed E-state index contributed by atoms with van der Waals surface area (Å²) in [6.07, 6.45) is -1.78. The number of nitrogens with two attached hydrogens (primary N) is 1. The number of sulfone groups is 1. The Labute approximate surface area is 280 Å². The number of carbonyl (C=O) groups excluding carboxylic acids is 5. The molecular weight excluding hydrogens is 655 g/mol. The third-order valence-corrected chi connectivity index (χ3v) is 13.3. The standard InChI is InChI=1S/C32H50F3N5O7S/c1-29(2,3)24(38-28(45)39-31(12-7-6-8-13-31)16-18-10-9-15-48(18,46)47)27(44)40-17-19-21(30(19,4)5)22(40)26(43)37-20(23(41)25(36)42)11-14-32(33,34)35/h18-22,24H,6-17H2,1-5H3,(H2,36,42)(H,37,43)(H2,38,39,45)/t18?,19?,20?,21-,22-,24+/m0/s1. The number of rotatable bonds is 11. The summed E-state index contributed by atoms with van der Waals surface area (Å²) in [4.78, 5) is 67.0. The Morgan fingerprint density at radius 1 is 0.979 bits per heavy atom. The molecule has 6 atom stereocenters. The van der Waals surface area contributed by atoms with E-state index in [9.17, 15) is 45.6 Å². The largest absolute Gasteiger partial charge is 0.389 e. The molecule has 0 spiro atoms. The zero-order chi connectivity index (χ0) is 36.0. The van der Waals surface area contributed by atoms with Gasteiger partial charge in [0.2, 0.25) is 17.6 Å². The Bertz CT molecular complexity index is 1410. The highest BCUT2D eigenvalue weighted by atomic mass is 32.2.